The minimum atomic E-state index is -0.210. The van der Waals surface area contributed by atoms with Crippen molar-refractivity contribution in [3.8, 4) is 5.75 Å². The zero-order valence-electron chi connectivity index (χ0n) is 15.4. The summed E-state index contributed by atoms with van der Waals surface area (Å²) in [7, 11) is 0. The average Bonchev–Trinajstić information content (AvgIpc) is 3.20. The molecule has 0 radical (unpaired) electrons. The van der Waals surface area contributed by atoms with Crippen LogP contribution < -0.4 is 15.4 Å². The third kappa shape index (κ3) is 5.51. The summed E-state index contributed by atoms with van der Waals surface area (Å²) in [4.78, 5) is 26.0. The van der Waals surface area contributed by atoms with Crippen LogP contribution in [0.5, 0.6) is 5.75 Å². The van der Waals surface area contributed by atoms with Crippen LogP contribution in [0.2, 0.25) is 0 Å². The molecule has 1 saturated heterocycles. The Morgan fingerprint density at radius 3 is 2.74 bits per heavy atom. The van der Waals surface area contributed by atoms with Crippen LogP contribution in [-0.2, 0) is 0 Å². The van der Waals surface area contributed by atoms with Gasteiger partial charge in [0.2, 0.25) is 0 Å². The van der Waals surface area contributed by atoms with Gasteiger partial charge in [0.15, 0.2) is 5.76 Å². The van der Waals surface area contributed by atoms with E-state index in [4.69, 9.17) is 9.15 Å². The summed E-state index contributed by atoms with van der Waals surface area (Å²) in [5, 5.41) is 5.75. The lowest BCUT2D eigenvalue weighted by atomic mass is 10.1. The second-order valence-electron chi connectivity index (χ2n) is 6.61. The van der Waals surface area contributed by atoms with Crippen molar-refractivity contribution in [3.63, 3.8) is 0 Å². The maximum absolute atomic E-state index is 12.2. The van der Waals surface area contributed by atoms with Crippen LogP contribution >= 0.6 is 0 Å². The van der Waals surface area contributed by atoms with Gasteiger partial charge in [-0.2, -0.15) is 0 Å². The molecule has 0 bridgehead atoms. The topological polar surface area (TPSA) is 83.8 Å². The first-order chi connectivity index (χ1) is 13.1. The summed E-state index contributed by atoms with van der Waals surface area (Å²) in [6.45, 7) is 4.04. The predicted octanol–water partition coefficient (Wildman–Crippen LogP) is 2.57. The summed E-state index contributed by atoms with van der Waals surface area (Å²) < 4.78 is 10.8. The molecule has 2 N–H and O–H groups in total. The highest BCUT2D eigenvalue weighted by atomic mass is 16.5. The molecular weight excluding hydrogens is 346 g/mol. The summed E-state index contributed by atoms with van der Waals surface area (Å²) >= 11 is 0. The summed E-state index contributed by atoms with van der Waals surface area (Å²) in [6.07, 6.45) is 2.94. The van der Waals surface area contributed by atoms with E-state index in [1.54, 1.807) is 17.0 Å². The van der Waals surface area contributed by atoms with E-state index in [1.165, 1.54) is 6.26 Å². The van der Waals surface area contributed by atoms with Crippen LogP contribution in [0.4, 0.5) is 4.79 Å². The molecular formula is C20H25N3O4. The third-order valence-corrected chi connectivity index (χ3v) is 4.50. The molecule has 0 atom stereocenters. The number of carbonyl (C=O) groups excluding carboxylic acids is 2. The minimum absolute atomic E-state index is 0.0587. The number of rotatable bonds is 6. The smallest absolute Gasteiger partial charge is 0.315 e. The monoisotopic (exact) mass is 371 g/mol. The van der Waals surface area contributed by atoms with Crippen molar-refractivity contribution in [3.05, 3.63) is 54.0 Å². The van der Waals surface area contributed by atoms with Crippen molar-refractivity contribution >= 4 is 11.9 Å². The average molecular weight is 371 g/mol. The van der Waals surface area contributed by atoms with E-state index in [-0.39, 0.29) is 18.0 Å². The van der Waals surface area contributed by atoms with Crippen LogP contribution in [0.3, 0.4) is 0 Å². The molecule has 3 rings (SSSR count). The van der Waals surface area contributed by atoms with Crippen LogP contribution in [0.25, 0.3) is 0 Å². The lowest BCUT2D eigenvalue weighted by Gasteiger charge is -2.31. The van der Waals surface area contributed by atoms with Gasteiger partial charge in [-0.15, -0.1) is 0 Å². The van der Waals surface area contributed by atoms with Crippen molar-refractivity contribution in [2.75, 3.05) is 26.2 Å². The van der Waals surface area contributed by atoms with Gasteiger partial charge in [-0.1, -0.05) is 12.1 Å². The Hall–Kier alpha value is -2.96. The Balaban J connectivity index is 1.32. The Morgan fingerprint density at radius 2 is 2.04 bits per heavy atom. The van der Waals surface area contributed by atoms with Gasteiger partial charge < -0.3 is 24.7 Å². The first kappa shape index (κ1) is 18.8. The van der Waals surface area contributed by atoms with Gasteiger partial charge >= 0.3 is 6.03 Å². The normalized spacial score (nSPS) is 14.6. The van der Waals surface area contributed by atoms with E-state index in [0.29, 0.717) is 32.0 Å². The fourth-order valence-electron chi connectivity index (χ4n) is 3.06. The van der Waals surface area contributed by atoms with Crippen LogP contribution in [0.15, 0.2) is 47.1 Å². The number of ether oxygens (including phenoxy) is 1. The molecule has 7 heteroatoms. The second kappa shape index (κ2) is 9.12. The third-order valence-electron chi connectivity index (χ3n) is 4.50. The van der Waals surface area contributed by atoms with Crippen LogP contribution in [0.1, 0.15) is 29.0 Å². The molecule has 2 heterocycles. The summed E-state index contributed by atoms with van der Waals surface area (Å²) in [6, 6.07) is 11.0. The molecule has 2 aromatic rings. The number of hydrogen-bond acceptors (Lipinski definition) is 4. The van der Waals surface area contributed by atoms with Crippen molar-refractivity contribution in [2.45, 2.75) is 25.8 Å². The highest BCUT2D eigenvalue weighted by Crippen LogP contribution is 2.14. The largest absolute Gasteiger partial charge is 0.492 e. The molecule has 1 aliphatic heterocycles. The summed E-state index contributed by atoms with van der Waals surface area (Å²) in [5.41, 5.74) is 1.13. The maximum Gasteiger partial charge on any atom is 0.315 e. The van der Waals surface area contributed by atoms with Gasteiger partial charge in [-0.3, -0.25) is 4.79 Å². The molecule has 144 valence electrons. The number of urea groups is 1. The number of carbonyl (C=O) groups is 2. The lowest BCUT2D eigenvalue weighted by Crippen LogP contribution is -2.49. The Labute approximate surface area is 158 Å². The number of likely N-dealkylation sites (tertiary alicyclic amines) is 1. The predicted molar refractivity (Wildman–Crippen MR) is 101 cm³/mol. The first-order valence-electron chi connectivity index (χ1n) is 9.18. The molecule has 3 amide bonds. The molecule has 0 spiro atoms. The number of nitrogens with zero attached hydrogens (tertiary/aromatic N) is 1. The number of piperidine rings is 1. The Morgan fingerprint density at radius 1 is 1.22 bits per heavy atom. The molecule has 0 unspecified atom stereocenters. The number of furan rings is 1. The molecule has 1 aromatic heterocycles. The molecule has 7 nitrogen and oxygen atoms in total. The van der Waals surface area contributed by atoms with Gasteiger partial charge in [-0.25, -0.2) is 4.79 Å². The number of hydrogen-bond donors (Lipinski definition) is 2. The van der Waals surface area contributed by atoms with Gasteiger partial charge in [0, 0.05) is 19.1 Å². The van der Waals surface area contributed by atoms with Crippen molar-refractivity contribution in [1.82, 2.24) is 15.5 Å². The maximum atomic E-state index is 12.2. The SMILES string of the molecule is Cc1cccc(OCCNC(=O)NC2CCN(C(=O)c3ccco3)CC2)c1. The molecule has 0 aliphatic carbocycles. The highest BCUT2D eigenvalue weighted by Gasteiger charge is 2.25. The number of amides is 3. The quantitative estimate of drug-likeness (QED) is 0.765. The van der Waals surface area contributed by atoms with Gasteiger partial charge in [0.1, 0.15) is 12.4 Å². The molecule has 1 aromatic carbocycles. The van der Waals surface area contributed by atoms with E-state index >= 15 is 0 Å². The first-order valence-corrected chi connectivity index (χ1v) is 9.18. The lowest BCUT2D eigenvalue weighted by molar-refractivity contribution is 0.0676. The van der Waals surface area contributed by atoms with Gasteiger partial charge in [0.05, 0.1) is 12.8 Å². The van der Waals surface area contributed by atoms with E-state index in [0.717, 1.165) is 24.2 Å². The van der Waals surface area contributed by atoms with E-state index in [9.17, 15) is 9.59 Å². The number of benzene rings is 1. The zero-order valence-corrected chi connectivity index (χ0v) is 15.4. The van der Waals surface area contributed by atoms with E-state index in [2.05, 4.69) is 10.6 Å². The fourth-order valence-corrected chi connectivity index (χ4v) is 3.06. The highest BCUT2D eigenvalue weighted by molar-refractivity contribution is 5.91. The van der Waals surface area contributed by atoms with E-state index < -0.39 is 0 Å². The van der Waals surface area contributed by atoms with Crippen molar-refractivity contribution in [1.29, 1.82) is 0 Å². The summed E-state index contributed by atoms with van der Waals surface area (Å²) in [5.74, 6) is 1.05. The van der Waals surface area contributed by atoms with Crippen molar-refractivity contribution < 1.29 is 18.7 Å². The number of nitrogens with one attached hydrogen (secondary N) is 2. The second-order valence-corrected chi connectivity index (χ2v) is 6.61. The Kier molecular flexibility index (Phi) is 6.35. The molecule has 1 aliphatic rings. The molecule has 0 saturated carbocycles. The van der Waals surface area contributed by atoms with E-state index in [1.807, 2.05) is 31.2 Å². The minimum Gasteiger partial charge on any atom is -0.492 e. The van der Waals surface area contributed by atoms with Crippen molar-refractivity contribution in [2.24, 2.45) is 0 Å². The fraction of sp³-hybridized carbons (Fsp3) is 0.400. The van der Waals surface area contributed by atoms with Gasteiger partial charge in [-0.05, 0) is 49.6 Å². The van der Waals surface area contributed by atoms with Gasteiger partial charge in [0.25, 0.3) is 5.91 Å². The standard InChI is InChI=1S/C20H25N3O4/c1-15-4-2-5-17(14-15)26-13-9-21-20(25)22-16-7-10-23(11-8-16)19(24)18-6-3-12-27-18/h2-6,12,14,16H,7-11,13H2,1H3,(H2,21,22,25). The molecule has 1 fully saturated rings. The van der Waals surface area contributed by atoms with Crippen LogP contribution in [0, 0.1) is 6.92 Å². The zero-order chi connectivity index (χ0) is 19.1. The Bertz CT molecular complexity index is 752. The number of aryl methyl sites for hydroxylation is 1. The molecule has 27 heavy (non-hydrogen) atoms. The van der Waals surface area contributed by atoms with Crippen LogP contribution in [-0.4, -0.2) is 49.1 Å².